The predicted molar refractivity (Wildman–Crippen MR) is 104 cm³/mol. The molecule has 0 aromatic carbocycles. The van der Waals surface area contributed by atoms with E-state index in [0.29, 0.717) is 23.9 Å². The Morgan fingerprint density at radius 3 is 3.00 bits per heavy atom. The highest BCUT2D eigenvalue weighted by Gasteiger charge is 2.34. The molecule has 7 nitrogen and oxygen atoms in total. The van der Waals surface area contributed by atoms with Crippen molar-refractivity contribution in [1.82, 2.24) is 20.1 Å². The second-order valence-corrected chi connectivity index (χ2v) is 10.3. The maximum absolute atomic E-state index is 12.7. The standard InChI is InChI=1S/C16H22N4O3S3/c1-2-3-7-20(12-6-9-26(22,23)11-12)14(21)10-25-16-17-15(18-19-16)13-5-4-8-24-13/h4-5,8,12H,2-3,6-7,9-11H2,1H3,(H,17,18,19)/t12-/m1/s1. The van der Waals surface area contributed by atoms with Crippen LogP contribution in [0.4, 0.5) is 0 Å². The van der Waals surface area contributed by atoms with Crippen molar-refractivity contribution in [2.45, 2.75) is 37.4 Å². The van der Waals surface area contributed by atoms with E-state index in [2.05, 4.69) is 22.1 Å². The largest absolute Gasteiger partial charge is 0.338 e. The number of nitrogens with zero attached hydrogens (tertiary/aromatic N) is 3. The molecule has 0 bridgehead atoms. The van der Waals surface area contributed by atoms with Gasteiger partial charge < -0.3 is 4.90 Å². The normalized spacial score (nSPS) is 18.9. The Morgan fingerprint density at radius 2 is 2.35 bits per heavy atom. The van der Waals surface area contributed by atoms with Crippen LogP contribution in [0.3, 0.4) is 0 Å². The summed E-state index contributed by atoms with van der Waals surface area (Å²) in [7, 11) is -3.02. The smallest absolute Gasteiger partial charge is 0.233 e. The molecule has 2 aromatic rings. The van der Waals surface area contributed by atoms with E-state index in [9.17, 15) is 13.2 Å². The number of aromatic amines is 1. The van der Waals surface area contributed by atoms with Crippen LogP contribution in [0.25, 0.3) is 10.7 Å². The number of rotatable bonds is 8. The maximum atomic E-state index is 12.7. The van der Waals surface area contributed by atoms with Gasteiger partial charge in [0.05, 0.1) is 22.1 Å². The topological polar surface area (TPSA) is 96.0 Å². The first-order valence-electron chi connectivity index (χ1n) is 8.57. The lowest BCUT2D eigenvalue weighted by molar-refractivity contribution is -0.130. The average molecular weight is 415 g/mol. The molecule has 1 aliphatic heterocycles. The average Bonchev–Trinajstić information content (AvgIpc) is 3.33. The first-order valence-corrected chi connectivity index (χ1v) is 12.3. The van der Waals surface area contributed by atoms with Gasteiger partial charge in [0.25, 0.3) is 0 Å². The number of H-pyrrole nitrogens is 1. The number of hydrogen-bond donors (Lipinski definition) is 1. The highest BCUT2D eigenvalue weighted by atomic mass is 32.2. The molecule has 3 heterocycles. The van der Waals surface area contributed by atoms with Crippen molar-refractivity contribution in [3.8, 4) is 10.7 Å². The highest BCUT2D eigenvalue weighted by Crippen LogP contribution is 2.24. The minimum absolute atomic E-state index is 0.0481. The lowest BCUT2D eigenvalue weighted by Gasteiger charge is -2.28. The van der Waals surface area contributed by atoms with Crippen LogP contribution >= 0.6 is 23.1 Å². The second-order valence-electron chi connectivity index (χ2n) is 6.23. The molecule has 2 aromatic heterocycles. The minimum Gasteiger partial charge on any atom is -0.338 e. The number of unbranched alkanes of at least 4 members (excludes halogenated alkanes) is 1. The summed E-state index contributed by atoms with van der Waals surface area (Å²) in [5.74, 6) is 1.11. The summed E-state index contributed by atoms with van der Waals surface area (Å²) in [5, 5.41) is 9.53. The molecule has 0 unspecified atom stereocenters. The van der Waals surface area contributed by atoms with Crippen LogP contribution in [0.1, 0.15) is 26.2 Å². The molecule has 1 saturated heterocycles. The molecule has 0 aliphatic carbocycles. The molecular weight excluding hydrogens is 392 g/mol. The zero-order valence-corrected chi connectivity index (χ0v) is 17.0. The molecule has 1 atom stereocenters. The Kier molecular flexibility index (Phi) is 6.36. The SMILES string of the molecule is CCCCN(C(=O)CSc1n[nH]c(-c2cccs2)n1)[C@@H]1CCS(=O)(=O)C1. The van der Waals surface area contributed by atoms with Crippen LogP contribution in [-0.4, -0.2) is 64.3 Å². The first-order chi connectivity index (χ1) is 12.5. The fraction of sp³-hybridized carbons (Fsp3) is 0.562. The quantitative estimate of drug-likeness (QED) is 0.667. The molecule has 1 amide bonds. The molecule has 0 spiro atoms. The Morgan fingerprint density at radius 1 is 1.50 bits per heavy atom. The zero-order chi connectivity index (χ0) is 18.6. The van der Waals surface area contributed by atoms with Crippen molar-refractivity contribution in [3.05, 3.63) is 17.5 Å². The lowest BCUT2D eigenvalue weighted by Crippen LogP contribution is -2.42. The molecule has 0 saturated carbocycles. The van der Waals surface area contributed by atoms with Crippen LogP contribution in [0.2, 0.25) is 0 Å². The third kappa shape index (κ3) is 4.86. The molecule has 10 heteroatoms. The van der Waals surface area contributed by atoms with Crippen LogP contribution in [0.5, 0.6) is 0 Å². The minimum atomic E-state index is -3.02. The number of carbonyl (C=O) groups is 1. The number of nitrogens with one attached hydrogen (secondary N) is 1. The van der Waals surface area contributed by atoms with Gasteiger partial charge in [0.1, 0.15) is 0 Å². The Hall–Kier alpha value is -1.39. The van der Waals surface area contributed by atoms with E-state index >= 15 is 0 Å². The number of sulfone groups is 1. The van der Waals surface area contributed by atoms with Gasteiger partial charge in [-0.05, 0) is 24.3 Å². The molecule has 1 fully saturated rings. The zero-order valence-electron chi connectivity index (χ0n) is 14.6. The highest BCUT2D eigenvalue weighted by molar-refractivity contribution is 7.99. The molecule has 0 radical (unpaired) electrons. The van der Waals surface area contributed by atoms with Gasteiger partial charge >= 0.3 is 0 Å². The monoisotopic (exact) mass is 414 g/mol. The van der Waals surface area contributed by atoms with Crippen molar-refractivity contribution >= 4 is 38.8 Å². The summed E-state index contributed by atoms with van der Waals surface area (Å²) in [6.45, 7) is 2.66. The van der Waals surface area contributed by atoms with E-state index in [-0.39, 0.29) is 29.2 Å². The number of thioether (sulfide) groups is 1. The third-order valence-corrected chi connectivity index (χ3v) is 7.73. The first kappa shape index (κ1) is 19.4. The van der Waals surface area contributed by atoms with Gasteiger partial charge in [0.15, 0.2) is 15.7 Å². The number of carbonyl (C=O) groups excluding carboxylic acids is 1. The number of aromatic nitrogens is 3. The van der Waals surface area contributed by atoms with Crippen LogP contribution in [0, 0.1) is 0 Å². The summed E-state index contributed by atoms with van der Waals surface area (Å²) < 4.78 is 23.5. The molecule has 3 rings (SSSR count). The number of hydrogen-bond acceptors (Lipinski definition) is 7. The summed E-state index contributed by atoms with van der Waals surface area (Å²) in [5.41, 5.74) is 0. The van der Waals surface area contributed by atoms with Crippen LogP contribution < -0.4 is 0 Å². The van der Waals surface area contributed by atoms with Crippen molar-refractivity contribution < 1.29 is 13.2 Å². The van der Waals surface area contributed by atoms with Gasteiger partial charge in [-0.2, -0.15) is 0 Å². The van der Waals surface area contributed by atoms with Crippen molar-refractivity contribution in [2.75, 3.05) is 23.8 Å². The van der Waals surface area contributed by atoms with Crippen molar-refractivity contribution in [2.24, 2.45) is 0 Å². The molecular formula is C16H22N4O3S3. The number of thiophene rings is 1. The summed E-state index contributed by atoms with van der Waals surface area (Å²) in [6.07, 6.45) is 2.36. The second kappa shape index (κ2) is 8.53. The van der Waals surface area contributed by atoms with E-state index in [1.165, 1.54) is 11.8 Å². The number of amides is 1. The van der Waals surface area contributed by atoms with E-state index in [0.717, 1.165) is 17.7 Å². The van der Waals surface area contributed by atoms with Gasteiger partial charge in [-0.3, -0.25) is 9.89 Å². The van der Waals surface area contributed by atoms with E-state index < -0.39 is 9.84 Å². The van der Waals surface area contributed by atoms with E-state index in [1.54, 1.807) is 16.2 Å². The fourth-order valence-electron chi connectivity index (χ4n) is 2.90. The van der Waals surface area contributed by atoms with Gasteiger partial charge in [-0.1, -0.05) is 31.2 Å². The fourth-order valence-corrected chi connectivity index (χ4v) is 5.98. The van der Waals surface area contributed by atoms with Crippen LogP contribution in [-0.2, 0) is 14.6 Å². The summed E-state index contributed by atoms with van der Waals surface area (Å²) in [4.78, 5) is 19.8. The Bertz CT molecular complexity index is 833. The van der Waals surface area contributed by atoms with Crippen LogP contribution in [0.15, 0.2) is 22.7 Å². The Balaban J connectivity index is 1.60. The summed E-state index contributed by atoms with van der Waals surface area (Å²) in [6, 6.07) is 3.70. The Labute approximate surface area is 161 Å². The van der Waals surface area contributed by atoms with Gasteiger partial charge in [-0.25, -0.2) is 13.4 Å². The van der Waals surface area contributed by atoms with Crippen molar-refractivity contribution in [1.29, 1.82) is 0 Å². The lowest BCUT2D eigenvalue weighted by atomic mass is 10.2. The molecule has 142 valence electrons. The molecule has 1 N–H and O–H groups in total. The van der Waals surface area contributed by atoms with Gasteiger partial charge in [0, 0.05) is 12.6 Å². The van der Waals surface area contributed by atoms with E-state index in [1.807, 2.05) is 17.5 Å². The van der Waals surface area contributed by atoms with Crippen molar-refractivity contribution in [3.63, 3.8) is 0 Å². The van der Waals surface area contributed by atoms with Gasteiger partial charge in [-0.15, -0.1) is 16.4 Å². The molecule has 1 aliphatic rings. The van der Waals surface area contributed by atoms with E-state index in [4.69, 9.17) is 0 Å². The summed E-state index contributed by atoms with van der Waals surface area (Å²) >= 11 is 2.85. The predicted octanol–water partition coefficient (Wildman–Crippen LogP) is 2.44. The molecule has 26 heavy (non-hydrogen) atoms. The van der Waals surface area contributed by atoms with Gasteiger partial charge in [0.2, 0.25) is 11.1 Å². The third-order valence-electron chi connectivity index (χ3n) is 4.27. The maximum Gasteiger partial charge on any atom is 0.233 e.